The van der Waals surface area contributed by atoms with Crippen LogP contribution < -0.4 is 21.3 Å². The van der Waals surface area contributed by atoms with Crippen molar-refractivity contribution in [3.05, 3.63) is 59.7 Å². The monoisotopic (exact) mass is 447 g/mol. The van der Waals surface area contributed by atoms with Gasteiger partial charge in [-0.1, -0.05) is 23.9 Å². The fraction of sp³-hybridized carbons (Fsp3) is 0.158. The summed E-state index contributed by atoms with van der Waals surface area (Å²) in [6.07, 6.45) is 0. The molecule has 1 aromatic heterocycles. The molecule has 0 atom stereocenters. The standard InChI is InChI=1S/C19H19F2N7O2S/c1-11(12-4-3-5-14(8-12)30-2)24-25-18-26-27-19(28(18)22)31-10-17(29)23-16-7-6-13(20)9-15(16)21/h3-9H,10,22H2,1-2H3,(H,23,29)(H,25,26)/b24-11+. The number of hydrogen-bond acceptors (Lipinski definition) is 8. The van der Waals surface area contributed by atoms with Crippen LogP contribution in [0.1, 0.15) is 12.5 Å². The van der Waals surface area contributed by atoms with Gasteiger partial charge in [-0.3, -0.25) is 4.79 Å². The van der Waals surface area contributed by atoms with Crippen molar-refractivity contribution in [2.75, 3.05) is 29.4 Å². The first kappa shape index (κ1) is 22.0. The number of nitrogen functional groups attached to an aromatic ring is 1. The van der Waals surface area contributed by atoms with Gasteiger partial charge in [0.1, 0.15) is 17.4 Å². The number of aromatic nitrogens is 3. The molecule has 0 bridgehead atoms. The fourth-order valence-corrected chi connectivity index (χ4v) is 3.06. The van der Waals surface area contributed by atoms with E-state index in [1.54, 1.807) is 14.0 Å². The van der Waals surface area contributed by atoms with Crippen molar-refractivity contribution < 1.29 is 18.3 Å². The number of carbonyl (C=O) groups excluding carboxylic acids is 1. The van der Waals surface area contributed by atoms with Crippen LogP contribution in [0.5, 0.6) is 5.75 Å². The normalized spacial score (nSPS) is 11.3. The van der Waals surface area contributed by atoms with Crippen molar-refractivity contribution in [3.8, 4) is 5.75 Å². The highest BCUT2D eigenvalue weighted by Crippen LogP contribution is 2.19. The van der Waals surface area contributed by atoms with Crippen LogP contribution in [0.25, 0.3) is 0 Å². The maximum absolute atomic E-state index is 13.6. The van der Waals surface area contributed by atoms with Crippen LogP contribution in [-0.4, -0.2) is 39.4 Å². The highest BCUT2D eigenvalue weighted by Gasteiger charge is 2.14. The molecular weight excluding hydrogens is 428 g/mol. The Kier molecular flexibility index (Phi) is 7.03. The van der Waals surface area contributed by atoms with Gasteiger partial charge in [0.05, 0.1) is 24.3 Å². The van der Waals surface area contributed by atoms with Crippen molar-refractivity contribution in [2.45, 2.75) is 12.1 Å². The van der Waals surface area contributed by atoms with E-state index in [1.807, 2.05) is 24.3 Å². The minimum Gasteiger partial charge on any atom is -0.497 e. The molecule has 0 radical (unpaired) electrons. The Balaban J connectivity index is 1.58. The number of nitrogens with zero attached hydrogens (tertiary/aromatic N) is 4. The molecule has 31 heavy (non-hydrogen) atoms. The number of amides is 1. The van der Waals surface area contributed by atoms with Crippen LogP contribution in [-0.2, 0) is 4.79 Å². The zero-order chi connectivity index (χ0) is 22.4. The van der Waals surface area contributed by atoms with E-state index in [0.717, 1.165) is 34.1 Å². The van der Waals surface area contributed by atoms with E-state index < -0.39 is 17.5 Å². The second-order valence-corrected chi connectivity index (χ2v) is 7.12. The van der Waals surface area contributed by atoms with Crippen molar-refractivity contribution in [2.24, 2.45) is 5.10 Å². The number of methoxy groups -OCH3 is 1. The Hall–Kier alpha value is -3.67. The molecular formula is C19H19F2N7O2S. The molecule has 0 aliphatic rings. The van der Waals surface area contributed by atoms with Gasteiger partial charge in [0.25, 0.3) is 5.95 Å². The summed E-state index contributed by atoms with van der Waals surface area (Å²) in [6, 6.07) is 10.3. The van der Waals surface area contributed by atoms with Gasteiger partial charge in [-0.15, -0.1) is 10.2 Å². The average Bonchev–Trinajstić information content (AvgIpc) is 3.12. The minimum atomic E-state index is -0.865. The highest BCUT2D eigenvalue weighted by molar-refractivity contribution is 7.99. The van der Waals surface area contributed by atoms with E-state index in [1.165, 1.54) is 0 Å². The van der Waals surface area contributed by atoms with Gasteiger partial charge in [-0.25, -0.2) is 18.9 Å². The first-order valence-corrected chi connectivity index (χ1v) is 9.89. The summed E-state index contributed by atoms with van der Waals surface area (Å²) >= 11 is 0.991. The van der Waals surface area contributed by atoms with Crippen molar-refractivity contribution >= 4 is 35.0 Å². The van der Waals surface area contributed by atoms with Crippen LogP contribution >= 0.6 is 11.8 Å². The number of hydrogen-bond donors (Lipinski definition) is 3. The lowest BCUT2D eigenvalue weighted by molar-refractivity contribution is -0.113. The quantitative estimate of drug-likeness (QED) is 0.210. The molecule has 0 saturated carbocycles. The summed E-state index contributed by atoms with van der Waals surface area (Å²) in [5.74, 6) is 4.58. The Bertz CT molecular complexity index is 1120. The van der Waals surface area contributed by atoms with E-state index in [-0.39, 0.29) is 22.5 Å². The zero-order valence-electron chi connectivity index (χ0n) is 16.6. The van der Waals surface area contributed by atoms with Gasteiger partial charge in [0.15, 0.2) is 0 Å². The maximum Gasteiger partial charge on any atom is 0.264 e. The molecule has 1 heterocycles. The Morgan fingerprint density at radius 1 is 1.26 bits per heavy atom. The number of halogens is 2. The first-order valence-electron chi connectivity index (χ1n) is 8.90. The molecule has 0 unspecified atom stereocenters. The van der Waals surface area contributed by atoms with E-state index in [4.69, 9.17) is 10.6 Å². The largest absolute Gasteiger partial charge is 0.497 e. The molecule has 0 aliphatic heterocycles. The third-order valence-electron chi connectivity index (χ3n) is 4.01. The predicted octanol–water partition coefficient (Wildman–Crippen LogP) is 2.85. The lowest BCUT2D eigenvalue weighted by atomic mass is 10.1. The summed E-state index contributed by atoms with van der Waals surface area (Å²) in [7, 11) is 1.58. The summed E-state index contributed by atoms with van der Waals surface area (Å²) in [4.78, 5) is 12.0. The van der Waals surface area contributed by atoms with Gasteiger partial charge >= 0.3 is 0 Å². The van der Waals surface area contributed by atoms with Crippen LogP contribution in [0.2, 0.25) is 0 Å². The SMILES string of the molecule is COc1cccc(/C(C)=N/Nc2nnc(SCC(=O)Nc3ccc(F)cc3F)n2N)c1. The molecule has 2 aromatic carbocycles. The lowest BCUT2D eigenvalue weighted by Crippen LogP contribution is -2.17. The van der Waals surface area contributed by atoms with Gasteiger partial charge in [-0.2, -0.15) is 5.10 Å². The van der Waals surface area contributed by atoms with E-state index in [2.05, 4.69) is 26.0 Å². The summed E-state index contributed by atoms with van der Waals surface area (Å²) < 4.78 is 32.9. The number of carbonyl (C=O) groups is 1. The Labute approximate surface area is 180 Å². The average molecular weight is 447 g/mol. The number of rotatable bonds is 8. The molecule has 9 nitrogen and oxygen atoms in total. The topological polar surface area (TPSA) is 119 Å². The van der Waals surface area contributed by atoms with E-state index in [0.29, 0.717) is 17.5 Å². The lowest BCUT2D eigenvalue weighted by Gasteiger charge is -2.07. The fourth-order valence-electron chi connectivity index (χ4n) is 2.41. The molecule has 3 aromatic rings. The molecule has 3 rings (SSSR count). The highest BCUT2D eigenvalue weighted by atomic mass is 32.2. The van der Waals surface area contributed by atoms with Crippen LogP contribution in [0.3, 0.4) is 0 Å². The molecule has 1 amide bonds. The molecule has 0 fully saturated rings. The van der Waals surface area contributed by atoms with E-state index in [9.17, 15) is 13.6 Å². The second kappa shape index (κ2) is 9.89. The molecule has 4 N–H and O–H groups in total. The number of nitrogens with one attached hydrogen (secondary N) is 2. The third-order valence-corrected chi connectivity index (χ3v) is 4.96. The number of hydrazone groups is 1. The minimum absolute atomic E-state index is 0.113. The summed E-state index contributed by atoms with van der Waals surface area (Å²) in [5.41, 5.74) is 4.11. The van der Waals surface area contributed by atoms with Crippen molar-refractivity contribution in [1.29, 1.82) is 0 Å². The molecule has 12 heteroatoms. The number of anilines is 2. The second-order valence-electron chi connectivity index (χ2n) is 6.18. The Morgan fingerprint density at radius 2 is 2.06 bits per heavy atom. The number of ether oxygens (including phenoxy) is 1. The van der Waals surface area contributed by atoms with Gasteiger partial charge in [0.2, 0.25) is 11.1 Å². The smallest absolute Gasteiger partial charge is 0.264 e. The van der Waals surface area contributed by atoms with Crippen molar-refractivity contribution in [1.82, 2.24) is 14.9 Å². The van der Waals surface area contributed by atoms with Crippen molar-refractivity contribution in [3.63, 3.8) is 0 Å². The van der Waals surface area contributed by atoms with Crippen LogP contribution in [0.15, 0.2) is 52.7 Å². The predicted molar refractivity (Wildman–Crippen MR) is 115 cm³/mol. The van der Waals surface area contributed by atoms with Crippen LogP contribution in [0, 0.1) is 11.6 Å². The maximum atomic E-state index is 13.6. The molecule has 162 valence electrons. The van der Waals surface area contributed by atoms with Gasteiger partial charge in [-0.05, 0) is 31.2 Å². The van der Waals surface area contributed by atoms with Gasteiger partial charge < -0.3 is 15.9 Å². The number of nitrogens with two attached hydrogens (primary N) is 1. The van der Waals surface area contributed by atoms with E-state index >= 15 is 0 Å². The Morgan fingerprint density at radius 3 is 2.81 bits per heavy atom. The van der Waals surface area contributed by atoms with Gasteiger partial charge in [0, 0.05) is 11.6 Å². The molecule has 0 saturated heterocycles. The number of thioether (sulfide) groups is 1. The zero-order valence-corrected chi connectivity index (χ0v) is 17.4. The first-order chi connectivity index (χ1) is 14.9. The number of benzene rings is 2. The third kappa shape index (κ3) is 5.69. The summed E-state index contributed by atoms with van der Waals surface area (Å²) in [5, 5.41) is 14.6. The molecule has 0 spiro atoms. The van der Waals surface area contributed by atoms with Crippen LogP contribution in [0.4, 0.5) is 20.4 Å². The summed E-state index contributed by atoms with van der Waals surface area (Å²) in [6.45, 7) is 1.80. The molecule has 0 aliphatic carbocycles.